The Balaban J connectivity index is 2.86. The third kappa shape index (κ3) is 4.08. The van der Waals surface area contributed by atoms with Gasteiger partial charge in [-0.15, -0.1) is 0 Å². The van der Waals surface area contributed by atoms with Gasteiger partial charge in [-0.1, -0.05) is 11.8 Å². The van der Waals surface area contributed by atoms with Crippen LogP contribution in [0.15, 0.2) is 18.2 Å². The predicted octanol–water partition coefficient (Wildman–Crippen LogP) is 2.81. The van der Waals surface area contributed by atoms with Crippen LogP contribution in [0.2, 0.25) is 0 Å². The molecule has 0 fully saturated rings. The van der Waals surface area contributed by atoms with E-state index in [0.717, 1.165) is 12.1 Å². The van der Waals surface area contributed by atoms with Crippen molar-refractivity contribution in [2.75, 3.05) is 13.6 Å². The summed E-state index contributed by atoms with van der Waals surface area (Å²) in [4.78, 5) is 0. The molecule has 17 heavy (non-hydrogen) atoms. The lowest BCUT2D eigenvalue weighted by atomic mass is 10.1. The monoisotopic (exact) mass is 245 g/mol. The Hall–Kier alpha value is -1.54. The van der Waals surface area contributed by atoms with Gasteiger partial charge in [0.15, 0.2) is 0 Å². The van der Waals surface area contributed by atoms with E-state index in [1.807, 2.05) is 0 Å². The van der Waals surface area contributed by atoms with Crippen LogP contribution in [0.25, 0.3) is 0 Å². The molecular weight excluding hydrogens is 234 g/mol. The van der Waals surface area contributed by atoms with Crippen LogP contribution < -0.4 is 5.32 Å². The molecule has 0 heterocycles. The molecule has 0 aliphatic carbocycles. The van der Waals surface area contributed by atoms with Crippen LogP contribution in [0.1, 0.15) is 17.5 Å². The van der Waals surface area contributed by atoms with Crippen molar-refractivity contribution in [3.63, 3.8) is 0 Å². The third-order valence-corrected chi connectivity index (χ3v) is 2.02. The summed E-state index contributed by atoms with van der Waals surface area (Å²) in [5, 5.41) is 2.85. The topological polar surface area (TPSA) is 12.0 Å². The third-order valence-electron chi connectivity index (χ3n) is 2.02. The van der Waals surface area contributed by atoms with E-state index in [-0.39, 0.29) is 5.56 Å². The summed E-state index contributed by atoms with van der Waals surface area (Å²) in [6.45, 7) is 0.648. The highest BCUT2D eigenvalue weighted by molar-refractivity contribution is 5.38. The van der Waals surface area contributed by atoms with Gasteiger partial charge in [0.2, 0.25) is 0 Å². The van der Waals surface area contributed by atoms with Crippen molar-refractivity contribution < 1.29 is 17.6 Å². The molecule has 1 aromatic carbocycles. The van der Waals surface area contributed by atoms with Gasteiger partial charge in [-0.2, -0.15) is 13.2 Å². The largest absolute Gasteiger partial charge is 0.416 e. The zero-order valence-corrected chi connectivity index (χ0v) is 9.16. The van der Waals surface area contributed by atoms with E-state index in [1.54, 1.807) is 7.05 Å². The van der Waals surface area contributed by atoms with E-state index in [4.69, 9.17) is 0 Å². The molecular formula is C12H11F4N. The minimum Gasteiger partial charge on any atom is -0.319 e. The first-order chi connectivity index (χ1) is 7.95. The standard InChI is InChI=1S/C12H11F4N/c1-17-7-3-2-4-9-5-6-10(8-11(9)13)12(14,15)16/h5-6,8,17H,3,7H2,1H3. The van der Waals surface area contributed by atoms with Gasteiger partial charge in [0.05, 0.1) is 11.1 Å². The Kier molecular flexibility index (Phi) is 4.53. The van der Waals surface area contributed by atoms with E-state index >= 15 is 0 Å². The minimum absolute atomic E-state index is 0.0193. The van der Waals surface area contributed by atoms with Crippen molar-refractivity contribution in [1.82, 2.24) is 5.32 Å². The van der Waals surface area contributed by atoms with E-state index in [9.17, 15) is 17.6 Å². The van der Waals surface area contributed by atoms with Crippen LogP contribution in [-0.4, -0.2) is 13.6 Å². The van der Waals surface area contributed by atoms with E-state index in [1.165, 1.54) is 0 Å². The van der Waals surface area contributed by atoms with Crippen molar-refractivity contribution in [2.45, 2.75) is 12.6 Å². The van der Waals surface area contributed by atoms with Crippen molar-refractivity contribution in [3.8, 4) is 11.8 Å². The second kappa shape index (κ2) is 5.69. The number of benzene rings is 1. The van der Waals surface area contributed by atoms with Gasteiger partial charge in [0, 0.05) is 13.0 Å². The van der Waals surface area contributed by atoms with Gasteiger partial charge in [-0.25, -0.2) is 4.39 Å². The van der Waals surface area contributed by atoms with Crippen molar-refractivity contribution in [1.29, 1.82) is 0 Å². The van der Waals surface area contributed by atoms with Gasteiger partial charge in [0.1, 0.15) is 5.82 Å². The molecule has 0 atom stereocenters. The summed E-state index contributed by atoms with van der Waals surface area (Å²) in [7, 11) is 1.75. The SMILES string of the molecule is CNCCC#Cc1ccc(C(F)(F)F)cc1F. The van der Waals surface area contributed by atoms with Gasteiger partial charge >= 0.3 is 6.18 Å². The summed E-state index contributed by atoms with van der Waals surface area (Å²) in [5.74, 6) is 4.21. The molecule has 1 rings (SSSR count). The Bertz CT molecular complexity index is 440. The molecule has 0 spiro atoms. The predicted molar refractivity (Wildman–Crippen MR) is 56.8 cm³/mol. The van der Waals surface area contributed by atoms with Crippen molar-refractivity contribution in [2.24, 2.45) is 0 Å². The summed E-state index contributed by atoms with van der Waals surface area (Å²) in [5.41, 5.74) is -1.02. The molecule has 0 amide bonds. The van der Waals surface area contributed by atoms with Crippen molar-refractivity contribution in [3.05, 3.63) is 35.1 Å². The minimum atomic E-state index is -4.53. The van der Waals surface area contributed by atoms with Crippen LogP contribution in [0.3, 0.4) is 0 Å². The van der Waals surface area contributed by atoms with E-state index < -0.39 is 17.6 Å². The molecule has 0 radical (unpaired) electrons. The molecule has 0 aromatic heterocycles. The van der Waals surface area contributed by atoms with Gasteiger partial charge < -0.3 is 5.32 Å². The Morgan fingerprint density at radius 2 is 2.00 bits per heavy atom. The number of hydrogen-bond donors (Lipinski definition) is 1. The number of nitrogens with one attached hydrogen (secondary N) is 1. The summed E-state index contributed by atoms with van der Waals surface area (Å²) in [6.07, 6.45) is -4.02. The molecule has 0 saturated heterocycles. The Morgan fingerprint density at radius 3 is 2.53 bits per heavy atom. The van der Waals surface area contributed by atoms with Gasteiger partial charge in [-0.3, -0.25) is 0 Å². The summed E-state index contributed by atoms with van der Waals surface area (Å²) in [6, 6.07) is 2.33. The molecule has 5 heteroatoms. The lowest BCUT2D eigenvalue weighted by Crippen LogP contribution is -2.06. The fourth-order valence-corrected chi connectivity index (χ4v) is 1.14. The van der Waals surface area contributed by atoms with E-state index in [0.29, 0.717) is 19.0 Å². The molecule has 92 valence electrons. The molecule has 0 unspecified atom stereocenters. The Labute approximate surface area is 96.8 Å². The lowest BCUT2D eigenvalue weighted by Gasteiger charge is -2.06. The molecule has 0 bridgehead atoms. The lowest BCUT2D eigenvalue weighted by molar-refractivity contribution is -0.137. The average Bonchev–Trinajstić information content (AvgIpc) is 2.24. The average molecular weight is 245 g/mol. The normalized spacial score (nSPS) is 10.9. The first-order valence-corrected chi connectivity index (χ1v) is 4.95. The van der Waals surface area contributed by atoms with Gasteiger partial charge in [-0.05, 0) is 25.2 Å². The highest BCUT2D eigenvalue weighted by Gasteiger charge is 2.30. The maximum absolute atomic E-state index is 13.3. The number of alkyl halides is 3. The molecule has 1 aromatic rings. The quantitative estimate of drug-likeness (QED) is 0.480. The summed E-state index contributed by atoms with van der Waals surface area (Å²) >= 11 is 0. The second-order valence-corrected chi connectivity index (χ2v) is 3.35. The first kappa shape index (κ1) is 13.5. The van der Waals surface area contributed by atoms with Crippen LogP contribution >= 0.6 is 0 Å². The molecule has 1 nitrogen and oxygen atoms in total. The van der Waals surface area contributed by atoms with Gasteiger partial charge in [0.25, 0.3) is 0 Å². The van der Waals surface area contributed by atoms with Crippen LogP contribution in [0, 0.1) is 17.7 Å². The number of halogens is 4. The van der Waals surface area contributed by atoms with Crippen LogP contribution in [0.5, 0.6) is 0 Å². The highest BCUT2D eigenvalue weighted by atomic mass is 19.4. The Morgan fingerprint density at radius 1 is 1.29 bits per heavy atom. The second-order valence-electron chi connectivity index (χ2n) is 3.35. The molecule has 0 aliphatic rings. The fraction of sp³-hybridized carbons (Fsp3) is 0.333. The molecule has 1 N–H and O–H groups in total. The summed E-state index contributed by atoms with van der Waals surface area (Å²) < 4.78 is 50.0. The molecule has 0 saturated carbocycles. The highest BCUT2D eigenvalue weighted by Crippen LogP contribution is 2.29. The zero-order chi connectivity index (χ0) is 12.9. The van der Waals surface area contributed by atoms with Crippen LogP contribution in [-0.2, 0) is 6.18 Å². The number of hydrogen-bond acceptors (Lipinski definition) is 1. The zero-order valence-electron chi connectivity index (χ0n) is 9.16. The first-order valence-electron chi connectivity index (χ1n) is 4.95. The molecule has 0 aliphatic heterocycles. The van der Waals surface area contributed by atoms with Crippen LogP contribution in [0.4, 0.5) is 17.6 Å². The smallest absolute Gasteiger partial charge is 0.319 e. The van der Waals surface area contributed by atoms with E-state index in [2.05, 4.69) is 17.2 Å². The fourth-order valence-electron chi connectivity index (χ4n) is 1.14. The number of rotatable bonds is 2. The maximum Gasteiger partial charge on any atom is 0.416 e. The maximum atomic E-state index is 13.3. The van der Waals surface area contributed by atoms with Crippen molar-refractivity contribution >= 4 is 0 Å².